The highest BCUT2D eigenvalue weighted by atomic mass is 32.2. The average molecular weight is 222 g/mol. The first-order chi connectivity index (χ1) is 5.61. The van der Waals surface area contributed by atoms with Crippen molar-refractivity contribution in [3.63, 3.8) is 0 Å². The quantitative estimate of drug-likeness (QED) is 0.553. The van der Waals surface area contributed by atoms with E-state index in [1.807, 2.05) is 0 Å². The van der Waals surface area contributed by atoms with E-state index in [0.717, 1.165) is 5.01 Å². The van der Waals surface area contributed by atoms with E-state index in [1.165, 1.54) is 0 Å². The topological polar surface area (TPSA) is 74.5 Å². The molecule has 0 spiro atoms. The van der Waals surface area contributed by atoms with Gasteiger partial charge in [0.05, 0.1) is 0 Å². The van der Waals surface area contributed by atoms with Crippen molar-refractivity contribution in [3.8, 4) is 0 Å². The lowest BCUT2D eigenvalue weighted by Gasteiger charge is -2.05. The average Bonchev–Trinajstić information content (AvgIpc) is 2.33. The second-order valence-corrected chi connectivity index (χ2v) is 3.14. The second-order valence-electron chi connectivity index (χ2n) is 1.69. The van der Waals surface area contributed by atoms with Crippen LogP contribution in [0.5, 0.6) is 0 Å². The van der Waals surface area contributed by atoms with Crippen LogP contribution >= 0.6 is 24.4 Å². The fourth-order valence-corrected chi connectivity index (χ4v) is 1.29. The third kappa shape index (κ3) is 2.09. The molecule has 0 N–H and O–H groups in total. The molecule has 0 aliphatic carbocycles. The van der Waals surface area contributed by atoms with E-state index in [-0.39, 0.29) is 11.7 Å². The summed E-state index contributed by atoms with van der Waals surface area (Å²) in [4.78, 5) is 0.342. The molecule has 64 valence electrons. The predicted molar refractivity (Wildman–Crippen MR) is 48.1 cm³/mol. The summed E-state index contributed by atoms with van der Waals surface area (Å²) in [6, 6.07) is 0. The molecule has 0 saturated heterocycles. The normalized spacial score (nSPS) is 15.0. The van der Waals surface area contributed by atoms with E-state index in [9.17, 15) is 8.42 Å². The Kier molecular flexibility index (Phi) is 2.89. The Morgan fingerprint density at radius 1 is 1.67 bits per heavy atom. The summed E-state index contributed by atoms with van der Waals surface area (Å²) in [7, 11) is -2.58. The van der Waals surface area contributed by atoms with E-state index in [4.69, 9.17) is 12.2 Å². The molecular weight excluding hydrogens is 220 g/mol. The van der Waals surface area contributed by atoms with Gasteiger partial charge in [-0.1, -0.05) is 17.4 Å². The lowest BCUT2D eigenvalue weighted by atomic mass is 10.6. The maximum Gasteiger partial charge on any atom is 0.318 e. The lowest BCUT2D eigenvalue weighted by Crippen LogP contribution is -2.25. The summed E-state index contributed by atoms with van der Waals surface area (Å²) < 4.78 is 23.2. The van der Waals surface area contributed by atoms with Gasteiger partial charge in [-0.3, -0.25) is 0 Å². The number of thiocarbonyl (C=S) groups is 2. The van der Waals surface area contributed by atoms with Crippen LogP contribution in [-0.4, -0.2) is 30.1 Å². The van der Waals surface area contributed by atoms with E-state index < -0.39 is 10.5 Å². The molecule has 0 aromatic carbocycles. The zero-order chi connectivity index (χ0) is 9.14. The summed E-state index contributed by atoms with van der Waals surface area (Å²) >= 11 is 9.35. The zero-order valence-electron chi connectivity index (χ0n) is 5.54. The monoisotopic (exact) mass is 222 g/mol. The molecule has 0 radical (unpaired) electrons. The predicted octanol–water partition coefficient (Wildman–Crippen LogP) is 0.344. The fourth-order valence-electron chi connectivity index (χ4n) is 0.520. The Morgan fingerprint density at radius 2 is 2.33 bits per heavy atom. The van der Waals surface area contributed by atoms with Crippen LogP contribution in [0.3, 0.4) is 0 Å². The Hall–Kier alpha value is -0.800. The van der Waals surface area contributed by atoms with Crippen molar-refractivity contribution in [1.82, 2.24) is 5.01 Å². The number of hydrogen-bond donors (Lipinski definition) is 0. The molecular formula is C3H2N4O2S3. The molecule has 0 aromatic heterocycles. The maximum absolute atomic E-state index is 10.1. The van der Waals surface area contributed by atoms with Crippen LogP contribution in [0.1, 0.15) is 0 Å². The molecule has 0 amide bonds. The van der Waals surface area contributed by atoms with E-state index in [0.29, 0.717) is 4.99 Å². The molecule has 1 aliphatic rings. The first-order valence-electron chi connectivity index (χ1n) is 2.66. The molecule has 0 saturated carbocycles. The first-order valence-corrected chi connectivity index (χ1v) is 4.51. The fraction of sp³-hybridized carbons (Fsp3) is 0.333. The van der Waals surface area contributed by atoms with Crippen LogP contribution in [0, 0.1) is 0 Å². The zero-order valence-corrected chi connectivity index (χ0v) is 7.99. The van der Waals surface area contributed by atoms with Gasteiger partial charge in [0.2, 0.25) is 5.11 Å². The SMILES string of the molecule is O=S(=O)=NC(=S)N1N=NCC1=S. The number of hydrogen-bond acceptors (Lipinski definition) is 6. The van der Waals surface area contributed by atoms with Crippen molar-refractivity contribution in [3.05, 3.63) is 0 Å². The van der Waals surface area contributed by atoms with Gasteiger partial charge in [0.1, 0.15) is 11.5 Å². The van der Waals surface area contributed by atoms with Gasteiger partial charge in [0.25, 0.3) is 0 Å². The van der Waals surface area contributed by atoms with Crippen molar-refractivity contribution in [2.24, 2.45) is 14.7 Å². The molecule has 6 nitrogen and oxygen atoms in total. The van der Waals surface area contributed by atoms with Gasteiger partial charge in [0.15, 0.2) is 0 Å². The third-order valence-corrected chi connectivity index (χ3v) is 1.93. The summed E-state index contributed by atoms with van der Waals surface area (Å²) in [6.07, 6.45) is 0. The molecule has 0 fully saturated rings. The molecule has 0 aromatic rings. The lowest BCUT2D eigenvalue weighted by molar-refractivity contribution is 0.619. The largest absolute Gasteiger partial charge is 0.318 e. The van der Waals surface area contributed by atoms with Gasteiger partial charge >= 0.3 is 10.5 Å². The highest BCUT2D eigenvalue weighted by Gasteiger charge is 2.18. The molecule has 1 aliphatic heterocycles. The Balaban J connectivity index is 2.85. The highest BCUT2D eigenvalue weighted by molar-refractivity contribution is 7.82. The van der Waals surface area contributed by atoms with E-state index in [2.05, 4.69) is 26.9 Å². The van der Waals surface area contributed by atoms with Crippen molar-refractivity contribution in [2.45, 2.75) is 0 Å². The Labute approximate surface area is 80.0 Å². The van der Waals surface area contributed by atoms with Gasteiger partial charge in [-0.2, -0.15) is 18.5 Å². The van der Waals surface area contributed by atoms with Gasteiger partial charge in [-0.25, -0.2) is 0 Å². The second kappa shape index (κ2) is 3.74. The highest BCUT2D eigenvalue weighted by Crippen LogP contribution is 2.06. The molecule has 9 heteroatoms. The summed E-state index contributed by atoms with van der Waals surface area (Å²) in [6.45, 7) is 0.247. The summed E-state index contributed by atoms with van der Waals surface area (Å²) in [5.74, 6) is 0. The van der Waals surface area contributed by atoms with Crippen LogP contribution < -0.4 is 0 Å². The van der Waals surface area contributed by atoms with Crippen LogP contribution in [-0.2, 0) is 10.5 Å². The van der Waals surface area contributed by atoms with Crippen LogP contribution in [0.15, 0.2) is 14.7 Å². The molecule has 1 rings (SSSR count). The maximum atomic E-state index is 10.1. The van der Waals surface area contributed by atoms with E-state index >= 15 is 0 Å². The van der Waals surface area contributed by atoms with Crippen LogP contribution in [0.2, 0.25) is 0 Å². The minimum atomic E-state index is -2.58. The Bertz CT molecular complexity index is 374. The Morgan fingerprint density at radius 3 is 2.75 bits per heavy atom. The number of nitrogens with zero attached hydrogens (tertiary/aromatic N) is 4. The van der Waals surface area contributed by atoms with Crippen molar-refractivity contribution < 1.29 is 8.42 Å². The summed E-state index contributed by atoms with van der Waals surface area (Å²) in [5, 5.41) is 7.83. The third-order valence-electron chi connectivity index (χ3n) is 0.929. The molecule has 0 bridgehead atoms. The van der Waals surface area contributed by atoms with Gasteiger partial charge in [-0.15, -0.1) is 4.36 Å². The summed E-state index contributed by atoms with van der Waals surface area (Å²) in [5.41, 5.74) is 0. The number of rotatable bonds is 0. The molecule has 0 atom stereocenters. The van der Waals surface area contributed by atoms with Crippen LogP contribution in [0.25, 0.3) is 0 Å². The van der Waals surface area contributed by atoms with E-state index in [1.54, 1.807) is 0 Å². The molecule has 0 unspecified atom stereocenters. The molecule has 1 heterocycles. The van der Waals surface area contributed by atoms with Crippen molar-refractivity contribution in [2.75, 3.05) is 6.54 Å². The van der Waals surface area contributed by atoms with Crippen LogP contribution in [0.4, 0.5) is 0 Å². The minimum Gasteiger partial charge on any atom is -0.177 e. The standard InChI is InChI=1S/C3H2N4O2S3/c8-12(9)5-3(11)7-2(10)1-4-6-7/h1H2. The smallest absolute Gasteiger partial charge is 0.177 e. The van der Waals surface area contributed by atoms with Crippen molar-refractivity contribution in [1.29, 1.82) is 0 Å². The van der Waals surface area contributed by atoms with Gasteiger partial charge in [-0.05, 0) is 12.2 Å². The minimum absolute atomic E-state index is 0.213. The molecule has 12 heavy (non-hydrogen) atoms. The van der Waals surface area contributed by atoms with Gasteiger partial charge in [0, 0.05) is 0 Å². The van der Waals surface area contributed by atoms with Crippen molar-refractivity contribution >= 4 is 45.0 Å². The first kappa shape index (κ1) is 9.29. The van der Waals surface area contributed by atoms with Gasteiger partial charge < -0.3 is 0 Å².